The van der Waals surface area contributed by atoms with Gasteiger partial charge >= 0.3 is 0 Å². The number of benzene rings is 1. The molecular weight excluding hydrogens is 378 g/mol. The Morgan fingerprint density at radius 2 is 2.04 bits per heavy atom. The zero-order valence-electron chi connectivity index (χ0n) is 16.0. The van der Waals surface area contributed by atoms with E-state index in [4.69, 9.17) is 13.9 Å². The summed E-state index contributed by atoms with van der Waals surface area (Å²) >= 11 is 1.23. The molecule has 1 atom stereocenters. The van der Waals surface area contributed by atoms with E-state index < -0.39 is 6.10 Å². The lowest BCUT2D eigenvalue weighted by Gasteiger charge is -2.23. The number of ketones is 1. The van der Waals surface area contributed by atoms with Gasteiger partial charge in [-0.1, -0.05) is 23.9 Å². The van der Waals surface area contributed by atoms with Crippen LogP contribution in [0.3, 0.4) is 0 Å². The smallest absolute Gasteiger partial charge is 0.277 e. The van der Waals surface area contributed by atoms with Crippen molar-refractivity contribution in [2.45, 2.75) is 38.6 Å². The summed E-state index contributed by atoms with van der Waals surface area (Å²) < 4.78 is 19.4. The van der Waals surface area contributed by atoms with Gasteiger partial charge in [0.1, 0.15) is 6.61 Å². The summed E-state index contributed by atoms with van der Waals surface area (Å²) in [5.41, 5.74) is 2.82. The van der Waals surface area contributed by atoms with Crippen LogP contribution in [0.5, 0.6) is 11.5 Å². The molecule has 0 bridgehead atoms. The predicted molar refractivity (Wildman–Crippen MR) is 104 cm³/mol. The van der Waals surface area contributed by atoms with Crippen LogP contribution in [0.4, 0.5) is 0 Å². The highest BCUT2D eigenvalue weighted by molar-refractivity contribution is 7.99. The molecule has 0 saturated heterocycles. The lowest BCUT2D eigenvalue weighted by atomic mass is 10.2. The Labute approximate surface area is 167 Å². The minimum absolute atomic E-state index is 0.0451. The second-order valence-corrected chi connectivity index (χ2v) is 7.44. The lowest BCUT2D eigenvalue weighted by Crippen LogP contribution is -2.21. The average Bonchev–Trinajstić information content (AvgIpc) is 3.30. The fraction of sp³-hybridized carbons (Fsp3) is 0.350. The van der Waals surface area contributed by atoms with Crippen LogP contribution in [0.1, 0.15) is 40.7 Å². The van der Waals surface area contributed by atoms with Gasteiger partial charge in [-0.3, -0.25) is 4.79 Å². The Hall–Kier alpha value is -2.74. The Balaban J connectivity index is 1.40. The zero-order chi connectivity index (χ0) is 19.7. The van der Waals surface area contributed by atoms with Gasteiger partial charge in [0, 0.05) is 23.5 Å². The fourth-order valence-electron chi connectivity index (χ4n) is 3.33. The molecular formula is C20H21N3O4S. The van der Waals surface area contributed by atoms with E-state index in [1.165, 1.54) is 11.8 Å². The third-order valence-corrected chi connectivity index (χ3v) is 5.54. The normalized spacial score (nSPS) is 15.6. The maximum atomic E-state index is 12.6. The number of carbonyl (C=O) groups is 1. The largest absolute Gasteiger partial charge is 0.485 e. The Morgan fingerprint density at radius 1 is 1.25 bits per heavy atom. The SMILES string of the molecule is CCn1c(C)cc(C(=O)CSc2nnc(C3COc4ccccc4O3)o2)c1C. The topological polar surface area (TPSA) is 79.4 Å². The Morgan fingerprint density at radius 3 is 2.79 bits per heavy atom. The molecule has 0 spiro atoms. The number of carbonyl (C=O) groups excluding carboxylic acids is 1. The molecule has 0 N–H and O–H groups in total. The van der Waals surface area contributed by atoms with E-state index in [1.54, 1.807) is 0 Å². The summed E-state index contributed by atoms with van der Waals surface area (Å²) in [6, 6.07) is 9.38. The van der Waals surface area contributed by atoms with Crippen molar-refractivity contribution in [2.75, 3.05) is 12.4 Å². The number of fused-ring (bicyclic) bond motifs is 1. The quantitative estimate of drug-likeness (QED) is 0.458. The van der Waals surface area contributed by atoms with Crippen LogP contribution in [-0.2, 0) is 6.54 Å². The van der Waals surface area contributed by atoms with E-state index in [2.05, 4.69) is 21.7 Å². The number of ether oxygens (including phenoxy) is 2. The van der Waals surface area contributed by atoms with Crippen LogP contribution in [-0.4, -0.2) is 32.9 Å². The van der Waals surface area contributed by atoms with Crippen molar-refractivity contribution in [2.24, 2.45) is 0 Å². The molecule has 3 heterocycles. The van der Waals surface area contributed by atoms with Gasteiger partial charge in [0.2, 0.25) is 6.10 Å². The molecule has 3 aromatic rings. The average molecular weight is 399 g/mol. The molecule has 1 unspecified atom stereocenters. The van der Waals surface area contributed by atoms with Gasteiger partial charge in [0.25, 0.3) is 11.1 Å². The van der Waals surface area contributed by atoms with E-state index in [0.717, 1.165) is 23.5 Å². The van der Waals surface area contributed by atoms with E-state index in [9.17, 15) is 4.79 Å². The molecule has 1 aliphatic heterocycles. The number of thioether (sulfide) groups is 1. The first-order valence-electron chi connectivity index (χ1n) is 9.11. The van der Waals surface area contributed by atoms with Gasteiger partial charge in [-0.2, -0.15) is 0 Å². The molecule has 0 aliphatic carbocycles. The van der Waals surface area contributed by atoms with Crippen LogP contribution in [0.2, 0.25) is 0 Å². The maximum absolute atomic E-state index is 12.6. The summed E-state index contributed by atoms with van der Waals surface area (Å²) in [5, 5.41) is 8.42. The molecule has 28 heavy (non-hydrogen) atoms. The molecule has 8 heteroatoms. The Kier molecular flexibility index (Phi) is 5.13. The van der Waals surface area contributed by atoms with Crippen molar-refractivity contribution >= 4 is 17.5 Å². The summed E-state index contributed by atoms with van der Waals surface area (Å²) in [7, 11) is 0. The highest BCUT2D eigenvalue weighted by atomic mass is 32.2. The molecule has 0 fully saturated rings. The number of rotatable bonds is 6. The van der Waals surface area contributed by atoms with Crippen molar-refractivity contribution in [3.05, 3.63) is 53.2 Å². The molecule has 1 aliphatic rings. The number of para-hydroxylation sites is 2. The number of nitrogens with zero attached hydrogens (tertiary/aromatic N) is 3. The van der Waals surface area contributed by atoms with Crippen LogP contribution < -0.4 is 9.47 Å². The van der Waals surface area contributed by atoms with Crippen molar-refractivity contribution in [1.82, 2.24) is 14.8 Å². The molecule has 0 radical (unpaired) electrons. The molecule has 0 amide bonds. The number of hydrogen-bond donors (Lipinski definition) is 0. The molecule has 0 saturated carbocycles. The predicted octanol–water partition coefficient (Wildman–Crippen LogP) is 4.00. The minimum Gasteiger partial charge on any atom is -0.485 e. The first-order chi connectivity index (χ1) is 13.6. The minimum atomic E-state index is -0.462. The molecule has 2 aromatic heterocycles. The van der Waals surface area contributed by atoms with Gasteiger partial charge < -0.3 is 18.5 Å². The molecule has 1 aromatic carbocycles. The van der Waals surface area contributed by atoms with Crippen molar-refractivity contribution < 1.29 is 18.7 Å². The highest BCUT2D eigenvalue weighted by Crippen LogP contribution is 2.36. The summed E-state index contributed by atoms with van der Waals surface area (Å²) in [6.07, 6.45) is -0.462. The standard InChI is InChI=1S/C20H21N3O4S/c1-4-23-12(2)9-14(13(23)3)15(24)11-28-20-22-21-19(27-20)18-10-25-16-7-5-6-8-17(16)26-18/h5-9,18H,4,10-11H2,1-3H3. The van der Waals surface area contributed by atoms with Gasteiger partial charge in [-0.25, -0.2) is 0 Å². The van der Waals surface area contributed by atoms with Crippen LogP contribution >= 0.6 is 11.8 Å². The van der Waals surface area contributed by atoms with Gasteiger partial charge in [0.05, 0.1) is 5.75 Å². The molecule has 146 valence electrons. The number of hydrogen-bond acceptors (Lipinski definition) is 7. The Bertz CT molecular complexity index is 1010. The van der Waals surface area contributed by atoms with E-state index >= 15 is 0 Å². The first-order valence-corrected chi connectivity index (χ1v) is 10.1. The van der Waals surface area contributed by atoms with E-state index in [-0.39, 0.29) is 11.5 Å². The number of aromatic nitrogens is 3. The highest BCUT2D eigenvalue weighted by Gasteiger charge is 2.27. The summed E-state index contributed by atoms with van der Waals surface area (Å²) in [5.74, 6) is 1.97. The third kappa shape index (κ3) is 3.52. The fourth-order valence-corrected chi connectivity index (χ4v) is 3.98. The van der Waals surface area contributed by atoms with Crippen molar-refractivity contribution in [3.8, 4) is 11.5 Å². The van der Waals surface area contributed by atoms with Crippen molar-refractivity contribution in [1.29, 1.82) is 0 Å². The van der Waals surface area contributed by atoms with Crippen LogP contribution in [0.25, 0.3) is 0 Å². The van der Waals surface area contributed by atoms with Gasteiger partial charge in [0.15, 0.2) is 17.3 Å². The van der Waals surface area contributed by atoms with Gasteiger partial charge in [-0.15, -0.1) is 10.2 Å². The number of aryl methyl sites for hydroxylation is 1. The van der Waals surface area contributed by atoms with Crippen molar-refractivity contribution in [3.63, 3.8) is 0 Å². The van der Waals surface area contributed by atoms with E-state index in [0.29, 0.717) is 29.2 Å². The maximum Gasteiger partial charge on any atom is 0.277 e. The third-order valence-electron chi connectivity index (χ3n) is 4.72. The molecule has 7 nitrogen and oxygen atoms in total. The van der Waals surface area contributed by atoms with Gasteiger partial charge in [-0.05, 0) is 39.0 Å². The zero-order valence-corrected chi connectivity index (χ0v) is 16.8. The monoisotopic (exact) mass is 399 g/mol. The second-order valence-electron chi connectivity index (χ2n) is 6.51. The molecule has 4 rings (SSSR count). The second kappa shape index (κ2) is 7.71. The summed E-state index contributed by atoms with van der Waals surface area (Å²) in [4.78, 5) is 12.6. The van der Waals surface area contributed by atoms with Crippen LogP contribution in [0, 0.1) is 13.8 Å². The van der Waals surface area contributed by atoms with Crippen LogP contribution in [0.15, 0.2) is 40.0 Å². The van der Waals surface area contributed by atoms with E-state index in [1.807, 2.05) is 44.2 Å². The first kappa shape index (κ1) is 18.6. The number of Topliss-reactive ketones (excluding diaryl/α,β-unsaturated/α-hetero) is 1. The lowest BCUT2D eigenvalue weighted by molar-refractivity contribution is 0.0686. The summed E-state index contributed by atoms with van der Waals surface area (Å²) in [6.45, 7) is 7.19.